The lowest BCUT2D eigenvalue weighted by Crippen LogP contribution is -2.44. The first-order chi connectivity index (χ1) is 15.3. The van der Waals surface area contributed by atoms with E-state index in [0.717, 1.165) is 12.8 Å². The van der Waals surface area contributed by atoms with E-state index in [1.54, 1.807) is 18.2 Å². The molecular weight excluding hydrogens is 422 g/mol. The zero-order valence-electron chi connectivity index (χ0n) is 18.5. The maximum Gasteiger partial charge on any atom is 0.285 e. The molecule has 2 aliphatic heterocycles. The number of nitrogens with one attached hydrogen (secondary N) is 1. The summed E-state index contributed by atoms with van der Waals surface area (Å²) in [5.41, 5.74) is 3.35. The van der Waals surface area contributed by atoms with Crippen molar-refractivity contribution in [1.82, 2.24) is 10.2 Å². The second-order valence-corrected chi connectivity index (χ2v) is 11.3. The number of hydrogen-bond acceptors (Lipinski definition) is 4. The number of hydrogen-bond donors (Lipinski definition) is 1. The van der Waals surface area contributed by atoms with Gasteiger partial charge < -0.3 is 10.2 Å². The van der Waals surface area contributed by atoms with Crippen LogP contribution in [0.25, 0.3) is 0 Å². The van der Waals surface area contributed by atoms with Gasteiger partial charge in [0.15, 0.2) is 5.84 Å². The Morgan fingerprint density at radius 3 is 2.50 bits per heavy atom. The van der Waals surface area contributed by atoms with E-state index >= 15 is 0 Å². The number of nitrogens with zero attached hydrogens (tertiary/aromatic N) is 2. The van der Waals surface area contributed by atoms with Crippen LogP contribution in [0.1, 0.15) is 62.3 Å². The zero-order chi connectivity index (χ0) is 22.5. The predicted molar refractivity (Wildman–Crippen MR) is 124 cm³/mol. The molecule has 168 valence electrons. The molecular formula is C25H29N3O3S. The summed E-state index contributed by atoms with van der Waals surface area (Å²) in [7, 11) is -3.62. The molecule has 2 heterocycles. The summed E-state index contributed by atoms with van der Waals surface area (Å²) in [6, 6.07) is 15.5. The highest BCUT2D eigenvalue weighted by Gasteiger charge is 2.36. The number of amides is 1. The maximum atomic E-state index is 13.1. The summed E-state index contributed by atoms with van der Waals surface area (Å²) < 4.78 is 28.8. The molecule has 1 amide bonds. The molecule has 0 radical (unpaired) electrons. The first kappa shape index (κ1) is 21.2. The van der Waals surface area contributed by atoms with Gasteiger partial charge in [0.05, 0.1) is 6.04 Å². The van der Waals surface area contributed by atoms with E-state index in [1.807, 2.05) is 17.0 Å². The monoisotopic (exact) mass is 451 g/mol. The molecule has 1 saturated heterocycles. The second-order valence-electron chi connectivity index (χ2n) is 9.72. The first-order valence-electron chi connectivity index (χ1n) is 11.4. The average molecular weight is 452 g/mol. The minimum absolute atomic E-state index is 0.0565. The van der Waals surface area contributed by atoms with Crippen LogP contribution in [0.2, 0.25) is 0 Å². The third-order valence-electron chi connectivity index (χ3n) is 7.22. The lowest BCUT2D eigenvalue weighted by atomic mass is 9.71. The largest absolute Gasteiger partial charge is 0.355 e. The van der Waals surface area contributed by atoms with Gasteiger partial charge in [-0.05, 0) is 54.4 Å². The molecule has 0 spiro atoms. The third-order valence-corrected chi connectivity index (χ3v) is 8.54. The Kier molecular flexibility index (Phi) is 5.12. The van der Waals surface area contributed by atoms with Crippen LogP contribution in [0.3, 0.4) is 0 Å². The van der Waals surface area contributed by atoms with Gasteiger partial charge in [-0.15, -0.1) is 4.40 Å². The van der Waals surface area contributed by atoms with Crippen molar-refractivity contribution in [2.75, 3.05) is 13.1 Å². The quantitative estimate of drug-likeness (QED) is 0.754. The number of benzene rings is 2. The lowest BCUT2D eigenvalue weighted by Gasteiger charge is -2.38. The fourth-order valence-electron chi connectivity index (χ4n) is 5.32. The second kappa shape index (κ2) is 7.73. The maximum absolute atomic E-state index is 13.1. The summed E-state index contributed by atoms with van der Waals surface area (Å²) >= 11 is 0. The molecule has 7 heteroatoms. The number of amidine groups is 1. The van der Waals surface area contributed by atoms with E-state index in [-0.39, 0.29) is 28.2 Å². The first-order valence-corrected chi connectivity index (χ1v) is 12.8. The SMILES string of the molecule is CC1(C)CCC(NC(=O)C2CCN(C3=NS(=O)(=O)c4ccccc43)CC2)c2ccccc21. The molecule has 1 atom stereocenters. The molecule has 6 nitrogen and oxygen atoms in total. The van der Waals surface area contributed by atoms with Gasteiger partial charge in [0.1, 0.15) is 4.90 Å². The summed E-state index contributed by atoms with van der Waals surface area (Å²) in [4.78, 5) is 15.4. The summed E-state index contributed by atoms with van der Waals surface area (Å²) in [6.07, 6.45) is 3.36. The van der Waals surface area contributed by atoms with Crippen molar-refractivity contribution < 1.29 is 13.2 Å². The highest BCUT2D eigenvalue weighted by Crippen LogP contribution is 2.41. The van der Waals surface area contributed by atoms with E-state index in [2.05, 4.69) is 41.8 Å². The minimum Gasteiger partial charge on any atom is -0.355 e. The number of piperidine rings is 1. The average Bonchev–Trinajstić information content (AvgIpc) is 3.07. The Balaban J connectivity index is 1.26. The van der Waals surface area contributed by atoms with E-state index in [1.165, 1.54) is 11.1 Å². The minimum atomic E-state index is -3.62. The van der Waals surface area contributed by atoms with E-state index in [9.17, 15) is 13.2 Å². The number of carbonyl (C=O) groups excluding carboxylic acids is 1. The molecule has 32 heavy (non-hydrogen) atoms. The highest BCUT2D eigenvalue weighted by atomic mass is 32.2. The zero-order valence-corrected chi connectivity index (χ0v) is 19.4. The van der Waals surface area contributed by atoms with Crippen LogP contribution in [-0.4, -0.2) is 38.2 Å². The Morgan fingerprint density at radius 1 is 1.03 bits per heavy atom. The summed E-state index contributed by atoms with van der Waals surface area (Å²) in [5, 5.41) is 3.31. The number of sulfonamides is 1. The third kappa shape index (κ3) is 3.62. The van der Waals surface area contributed by atoms with Crippen molar-refractivity contribution in [1.29, 1.82) is 0 Å². The Hall–Kier alpha value is -2.67. The number of carbonyl (C=O) groups is 1. The van der Waals surface area contributed by atoms with Crippen molar-refractivity contribution >= 4 is 21.8 Å². The topological polar surface area (TPSA) is 78.8 Å². The van der Waals surface area contributed by atoms with Crippen molar-refractivity contribution in [2.45, 2.75) is 55.9 Å². The van der Waals surface area contributed by atoms with Gasteiger partial charge in [0, 0.05) is 24.6 Å². The smallest absolute Gasteiger partial charge is 0.285 e. The Bertz CT molecular complexity index is 1190. The van der Waals surface area contributed by atoms with Gasteiger partial charge in [0.25, 0.3) is 10.0 Å². The molecule has 1 fully saturated rings. The van der Waals surface area contributed by atoms with Gasteiger partial charge in [-0.25, -0.2) is 0 Å². The molecule has 5 rings (SSSR count). The molecule has 1 N–H and O–H groups in total. The van der Waals surface area contributed by atoms with E-state index < -0.39 is 10.0 Å². The molecule has 0 bridgehead atoms. The van der Waals surface area contributed by atoms with Crippen molar-refractivity contribution in [3.05, 3.63) is 65.2 Å². The van der Waals surface area contributed by atoms with Crippen LogP contribution in [0, 0.1) is 5.92 Å². The van der Waals surface area contributed by atoms with Crippen LogP contribution in [-0.2, 0) is 20.2 Å². The normalized spacial score (nSPS) is 23.8. The number of likely N-dealkylation sites (tertiary alicyclic amines) is 1. The van der Waals surface area contributed by atoms with Crippen molar-refractivity contribution in [3.8, 4) is 0 Å². The Morgan fingerprint density at radius 2 is 1.72 bits per heavy atom. The number of fused-ring (bicyclic) bond motifs is 2. The van der Waals surface area contributed by atoms with Gasteiger partial charge in [-0.1, -0.05) is 50.2 Å². The van der Waals surface area contributed by atoms with Crippen LogP contribution in [0.15, 0.2) is 57.8 Å². The van der Waals surface area contributed by atoms with Crippen LogP contribution in [0.4, 0.5) is 0 Å². The molecule has 0 aromatic heterocycles. The fourth-order valence-corrected chi connectivity index (χ4v) is 6.55. The molecule has 1 aliphatic carbocycles. The van der Waals surface area contributed by atoms with Crippen LogP contribution in [0.5, 0.6) is 0 Å². The molecule has 2 aromatic carbocycles. The lowest BCUT2D eigenvalue weighted by molar-refractivity contribution is -0.127. The van der Waals surface area contributed by atoms with E-state index in [0.29, 0.717) is 37.3 Å². The predicted octanol–water partition coefficient (Wildman–Crippen LogP) is 3.78. The standard InChI is InChI=1S/C25H29N3O3S/c1-25(2)14-11-21(18-7-3-5-9-20(18)25)26-24(29)17-12-15-28(16-13-17)23-19-8-4-6-10-22(19)32(30,31)27-23/h3-10,17,21H,11-16H2,1-2H3,(H,26,29). The van der Waals surface area contributed by atoms with Crippen LogP contribution >= 0.6 is 0 Å². The summed E-state index contributed by atoms with van der Waals surface area (Å²) in [5.74, 6) is 0.552. The molecule has 0 saturated carbocycles. The van der Waals surface area contributed by atoms with Crippen molar-refractivity contribution in [2.24, 2.45) is 10.3 Å². The molecule has 1 unspecified atom stereocenters. The number of rotatable bonds is 2. The van der Waals surface area contributed by atoms with E-state index in [4.69, 9.17) is 0 Å². The molecule has 3 aliphatic rings. The molecule has 2 aromatic rings. The van der Waals surface area contributed by atoms with Gasteiger partial charge in [0.2, 0.25) is 5.91 Å². The Labute approximate surface area is 189 Å². The van der Waals surface area contributed by atoms with Gasteiger partial charge in [-0.3, -0.25) is 4.79 Å². The fraction of sp³-hybridized carbons (Fsp3) is 0.440. The van der Waals surface area contributed by atoms with Gasteiger partial charge in [-0.2, -0.15) is 8.42 Å². The summed E-state index contributed by atoms with van der Waals surface area (Å²) in [6.45, 7) is 5.78. The highest BCUT2D eigenvalue weighted by molar-refractivity contribution is 7.90. The van der Waals surface area contributed by atoms with Crippen molar-refractivity contribution in [3.63, 3.8) is 0 Å². The van der Waals surface area contributed by atoms with Crippen LogP contribution < -0.4 is 5.32 Å². The van der Waals surface area contributed by atoms with Gasteiger partial charge >= 0.3 is 0 Å².